The van der Waals surface area contributed by atoms with Crippen molar-refractivity contribution in [2.24, 2.45) is 12.2 Å². The second-order valence-corrected chi connectivity index (χ2v) is 9.29. The molecule has 1 amide bonds. The number of aromatic nitrogens is 1. The van der Waals surface area contributed by atoms with Gasteiger partial charge in [0.1, 0.15) is 17.2 Å². The molecular formula is C19H20FN3O6S. The van der Waals surface area contributed by atoms with E-state index in [2.05, 4.69) is 5.16 Å². The maximum atomic E-state index is 14.7. The minimum absolute atomic E-state index is 0.162. The number of hydrogen-bond donors (Lipinski definition) is 2. The predicted octanol–water partition coefficient (Wildman–Crippen LogP) is 0.993. The average Bonchev–Trinajstić information content (AvgIpc) is 3.15. The summed E-state index contributed by atoms with van der Waals surface area (Å²) in [6.45, 7) is 0. The summed E-state index contributed by atoms with van der Waals surface area (Å²) < 4.78 is 39.6. The number of carbonyl (C=O) groups is 1. The van der Waals surface area contributed by atoms with E-state index in [1.54, 1.807) is 25.4 Å². The van der Waals surface area contributed by atoms with Crippen LogP contribution >= 0.6 is 0 Å². The summed E-state index contributed by atoms with van der Waals surface area (Å²) in [5.74, 6) is -1.61. The van der Waals surface area contributed by atoms with Crippen LogP contribution in [0.1, 0.15) is 18.4 Å². The van der Waals surface area contributed by atoms with Gasteiger partial charge in [0.05, 0.1) is 5.71 Å². The minimum Gasteiger partial charge on any atom is -0.392 e. The van der Waals surface area contributed by atoms with Crippen LogP contribution in [0.5, 0.6) is 0 Å². The Labute approximate surface area is 171 Å². The molecule has 1 aromatic carbocycles. The van der Waals surface area contributed by atoms with Crippen molar-refractivity contribution in [1.29, 1.82) is 0 Å². The van der Waals surface area contributed by atoms with E-state index in [1.807, 2.05) is 0 Å². The number of nitrogens with one attached hydrogen (secondary N) is 1. The molecule has 30 heavy (non-hydrogen) atoms. The normalized spacial score (nSPS) is 17.2. The summed E-state index contributed by atoms with van der Waals surface area (Å²) in [4.78, 5) is 28.7. The molecule has 0 bridgehead atoms. The molecule has 0 aliphatic carbocycles. The number of carbonyl (C=O) groups excluding carboxylic acids is 1. The highest BCUT2D eigenvalue weighted by atomic mass is 32.2. The number of pyridine rings is 1. The Morgan fingerprint density at radius 1 is 1.37 bits per heavy atom. The van der Waals surface area contributed by atoms with Crippen LogP contribution in [0.15, 0.2) is 46.5 Å². The highest BCUT2D eigenvalue weighted by Gasteiger charge is 2.35. The zero-order valence-electron chi connectivity index (χ0n) is 16.2. The highest BCUT2D eigenvalue weighted by Crippen LogP contribution is 2.26. The highest BCUT2D eigenvalue weighted by molar-refractivity contribution is 7.92. The summed E-state index contributed by atoms with van der Waals surface area (Å²) in [5, 5.41) is 11.1. The molecule has 1 aliphatic heterocycles. The summed E-state index contributed by atoms with van der Waals surface area (Å²) in [6.07, 6.45) is 1.65. The third-order valence-electron chi connectivity index (χ3n) is 4.85. The molecule has 2 aromatic rings. The number of amides is 1. The van der Waals surface area contributed by atoms with Crippen molar-refractivity contribution >= 4 is 21.5 Å². The van der Waals surface area contributed by atoms with Gasteiger partial charge in [-0.2, -0.15) is 0 Å². The van der Waals surface area contributed by atoms with Gasteiger partial charge in [-0.15, -0.1) is 0 Å². The maximum absolute atomic E-state index is 14.7. The van der Waals surface area contributed by atoms with E-state index in [0.717, 1.165) is 6.26 Å². The van der Waals surface area contributed by atoms with Gasteiger partial charge in [-0.25, -0.2) is 18.3 Å². The lowest BCUT2D eigenvalue weighted by Gasteiger charge is -2.16. The fraction of sp³-hybridized carbons (Fsp3) is 0.316. The summed E-state index contributed by atoms with van der Waals surface area (Å²) in [7, 11) is -2.19. The quantitative estimate of drug-likeness (QED) is 0.513. The number of nitrogens with zero attached hydrogens (tertiary/aromatic N) is 2. The molecule has 1 aliphatic rings. The Morgan fingerprint density at radius 2 is 2.10 bits per heavy atom. The standard InChI is InChI=1S/C19H20FN3O6S/c1-23-6-5-11(8-18(23)24)14-4-3-12(7-15(14)20)16-9-13(29-22-16)10-17(19(25)21-26)30(2,27)28/h3-8,13,17,26H,9-10H2,1-2H3,(H,21,25)/t13-,17?/m1/s1. The van der Waals surface area contributed by atoms with Gasteiger partial charge >= 0.3 is 0 Å². The summed E-state index contributed by atoms with van der Waals surface area (Å²) >= 11 is 0. The second kappa shape index (κ2) is 8.36. The van der Waals surface area contributed by atoms with E-state index >= 15 is 0 Å². The van der Waals surface area contributed by atoms with Crippen LogP contribution in [-0.4, -0.2) is 47.4 Å². The van der Waals surface area contributed by atoms with Gasteiger partial charge in [-0.1, -0.05) is 17.3 Å². The van der Waals surface area contributed by atoms with E-state index < -0.39 is 32.9 Å². The van der Waals surface area contributed by atoms with Crippen LogP contribution in [0.2, 0.25) is 0 Å². The van der Waals surface area contributed by atoms with Crippen LogP contribution in [0, 0.1) is 5.82 Å². The lowest BCUT2D eigenvalue weighted by Crippen LogP contribution is -2.40. The van der Waals surface area contributed by atoms with Crippen molar-refractivity contribution in [1.82, 2.24) is 10.0 Å². The number of hydrogen-bond acceptors (Lipinski definition) is 7. The first-order chi connectivity index (χ1) is 14.1. The Kier molecular flexibility index (Phi) is 6.04. The molecule has 9 nitrogen and oxygen atoms in total. The van der Waals surface area contributed by atoms with Gasteiger partial charge in [0.2, 0.25) is 0 Å². The van der Waals surface area contributed by atoms with Crippen LogP contribution in [0.25, 0.3) is 11.1 Å². The van der Waals surface area contributed by atoms with E-state index in [9.17, 15) is 22.4 Å². The number of aryl methyl sites for hydroxylation is 1. The number of rotatable bonds is 6. The molecular weight excluding hydrogens is 417 g/mol. The van der Waals surface area contributed by atoms with Crippen LogP contribution in [0.4, 0.5) is 4.39 Å². The summed E-state index contributed by atoms with van der Waals surface area (Å²) in [6, 6.07) is 7.36. The number of sulfone groups is 1. The Bertz CT molecular complexity index is 1180. The zero-order chi connectivity index (χ0) is 22.1. The first-order valence-electron chi connectivity index (χ1n) is 8.92. The lowest BCUT2D eigenvalue weighted by atomic mass is 9.98. The fourth-order valence-electron chi connectivity index (χ4n) is 3.16. The van der Waals surface area contributed by atoms with Crippen LogP contribution in [-0.2, 0) is 26.5 Å². The van der Waals surface area contributed by atoms with Crippen molar-refractivity contribution in [2.45, 2.75) is 24.2 Å². The number of hydroxylamine groups is 1. The number of halogens is 1. The molecule has 3 rings (SSSR count). The Hall–Kier alpha value is -3.05. The van der Waals surface area contributed by atoms with Gasteiger partial charge in [-0.05, 0) is 17.7 Å². The van der Waals surface area contributed by atoms with Gasteiger partial charge in [0.25, 0.3) is 11.5 Å². The molecule has 0 radical (unpaired) electrons. The van der Waals surface area contributed by atoms with Crippen LogP contribution in [0.3, 0.4) is 0 Å². The largest absolute Gasteiger partial charge is 0.392 e. The topological polar surface area (TPSA) is 127 Å². The van der Waals surface area contributed by atoms with Crippen LogP contribution < -0.4 is 11.0 Å². The zero-order valence-corrected chi connectivity index (χ0v) is 17.0. The Morgan fingerprint density at radius 3 is 2.70 bits per heavy atom. The number of oxime groups is 1. The molecule has 0 saturated heterocycles. The predicted molar refractivity (Wildman–Crippen MR) is 106 cm³/mol. The lowest BCUT2D eigenvalue weighted by molar-refractivity contribution is -0.129. The molecule has 11 heteroatoms. The molecule has 1 aromatic heterocycles. The molecule has 160 valence electrons. The fourth-order valence-corrected chi connectivity index (χ4v) is 4.16. The molecule has 2 atom stereocenters. The first-order valence-corrected chi connectivity index (χ1v) is 10.9. The molecule has 0 spiro atoms. The smallest absolute Gasteiger partial charge is 0.261 e. The van der Waals surface area contributed by atoms with Crippen molar-refractivity contribution in [3.63, 3.8) is 0 Å². The minimum atomic E-state index is -3.79. The maximum Gasteiger partial charge on any atom is 0.261 e. The SMILES string of the molecule is Cn1ccc(-c2ccc(C3=NO[C@@H](CC(C(=O)NO)S(C)(=O)=O)C3)cc2F)cc1=O. The first kappa shape index (κ1) is 21.7. The average molecular weight is 437 g/mol. The van der Waals surface area contributed by atoms with Crippen molar-refractivity contribution in [3.8, 4) is 11.1 Å². The molecule has 0 saturated carbocycles. The van der Waals surface area contributed by atoms with E-state index in [4.69, 9.17) is 10.0 Å². The third kappa shape index (κ3) is 4.57. The third-order valence-corrected chi connectivity index (χ3v) is 6.29. The molecule has 2 N–H and O–H groups in total. The van der Waals surface area contributed by atoms with E-state index in [-0.39, 0.29) is 24.0 Å². The van der Waals surface area contributed by atoms with Crippen molar-refractivity contribution in [3.05, 3.63) is 58.3 Å². The van der Waals surface area contributed by atoms with Gasteiger partial charge < -0.3 is 9.40 Å². The van der Waals surface area contributed by atoms with Crippen molar-refractivity contribution < 1.29 is 27.6 Å². The van der Waals surface area contributed by atoms with E-state index in [1.165, 1.54) is 28.2 Å². The van der Waals surface area contributed by atoms with Gasteiger partial charge in [0, 0.05) is 49.5 Å². The molecule has 2 heterocycles. The van der Waals surface area contributed by atoms with Gasteiger partial charge in [0.15, 0.2) is 9.84 Å². The van der Waals surface area contributed by atoms with Crippen molar-refractivity contribution in [2.75, 3.05) is 6.26 Å². The molecule has 1 unspecified atom stereocenters. The summed E-state index contributed by atoms with van der Waals surface area (Å²) in [5.41, 5.74) is 2.60. The Balaban J connectivity index is 1.76. The monoisotopic (exact) mass is 437 g/mol. The van der Waals surface area contributed by atoms with E-state index in [0.29, 0.717) is 16.8 Å². The second-order valence-electron chi connectivity index (χ2n) is 7.06. The number of benzene rings is 1. The van der Waals surface area contributed by atoms with Gasteiger partial charge in [-0.3, -0.25) is 14.8 Å². The molecule has 0 fully saturated rings.